The molecular formula is C19H17N5. The fourth-order valence-corrected chi connectivity index (χ4v) is 2.78. The third kappa shape index (κ3) is 2.84. The van der Waals surface area contributed by atoms with Gasteiger partial charge in [0.15, 0.2) is 5.82 Å². The van der Waals surface area contributed by atoms with E-state index >= 15 is 0 Å². The second-order valence-electron chi connectivity index (χ2n) is 5.51. The van der Waals surface area contributed by atoms with Crippen molar-refractivity contribution < 1.29 is 0 Å². The van der Waals surface area contributed by atoms with Crippen LogP contribution >= 0.6 is 0 Å². The predicted molar refractivity (Wildman–Crippen MR) is 93.2 cm³/mol. The van der Waals surface area contributed by atoms with Crippen LogP contribution in [0.15, 0.2) is 73.4 Å². The average molecular weight is 315 g/mol. The van der Waals surface area contributed by atoms with E-state index in [1.807, 2.05) is 55.1 Å². The van der Waals surface area contributed by atoms with Gasteiger partial charge in [0.2, 0.25) is 0 Å². The first-order chi connectivity index (χ1) is 11.9. The van der Waals surface area contributed by atoms with Gasteiger partial charge in [-0.1, -0.05) is 36.4 Å². The fraction of sp³-hybridized carbons (Fsp3) is 0.105. The van der Waals surface area contributed by atoms with E-state index in [2.05, 4.69) is 36.6 Å². The van der Waals surface area contributed by atoms with E-state index in [0.717, 1.165) is 41.4 Å². The number of H-pyrrole nitrogens is 1. The van der Waals surface area contributed by atoms with Crippen molar-refractivity contribution in [2.45, 2.75) is 13.0 Å². The molecule has 4 rings (SSSR count). The summed E-state index contributed by atoms with van der Waals surface area (Å²) in [4.78, 5) is 16.7. The average Bonchev–Trinajstić information content (AvgIpc) is 3.31. The molecule has 0 aliphatic rings. The molecule has 0 bridgehead atoms. The van der Waals surface area contributed by atoms with Crippen molar-refractivity contribution in [3.05, 3.63) is 79.1 Å². The maximum atomic E-state index is 4.64. The number of imidazole rings is 2. The van der Waals surface area contributed by atoms with E-state index in [1.165, 1.54) is 0 Å². The van der Waals surface area contributed by atoms with Gasteiger partial charge < -0.3 is 9.55 Å². The number of benzene rings is 1. The van der Waals surface area contributed by atoms with Crippen LogP contribution in [0.2, 0.25) is 0 Å². The minimum Gasteiger partial charge on any atom is -0.343 e. The van der Waals surface area contributed by atoms with Gasteiger partial charge in [-0.2, -0.15) is 0 Å². The highest BCUT2D eigenvalue weighted by atomic mass is 15.1. The van der Waals surface area contributed by atoms with Crippen LogP contribution in [0.1, 0.15) is 5.69 Å². The minimum atomic E-state index is 0.798. The van der Waals surface area contributed by atoms with Crippen LogP contribution in [0.4, 0.5) is 0 Å². The van der Waals surface area contributed by atoms with Crippen LogP contribution in [-0.2, 0) is 13.0 Å². The number of aryl methyl sites for hydroxylation is 2. The zero-order valence-electron chi connectivity index (χ0n) is 13.1. The Balaban J connectivity index is 1.71. The Morgan fingerprint density at radius 2 is 1.75 bits per heavy atom. The first-order valence-electron chi connectivity index (χ1n) is 7.92. The van der Waals surface area contributed by atoms with Crippen LogP contribution < -0.4 is 0 Å². The smallest absolute Gasteiger partial charge is 0.156 e. The van der Waals surface area contributed by atoms with Crippen molar-refractivity contribution in [3.8, 4) is 22.8 Å². The van der Waals surface area contributed by atoms with Gasteiger partial charge in [0.05, 0.1) is 12.0 Å². The van der Waals surface area contributed by atoms with Crippen LogP contribution in [0, 0.1) is 0 Å². The molecule has 0 fully saturated rings. The summed E-state index contributed by atoms with van der Waals surface area (Å²) in [5.74, 6) is 0.826. The second-order valence-corrected chi connectivity index (χ2v) is 5.51. The summed E-state index contributed by atoms with van der Waals surface area (Å²) in [6, 6.07) is 16.2. The van der Waals surface area contributed by atoms with Gasteiger partial charge >= 0.3 is 0 Å². The van der Waals surface area contributed by atoms with Gasteiger partial charge in [-0.15, -0.1) is 0 Å². The van der Waals surface area contributed by atoms with Crippen LogP contribution in [0.25, 0.3) is 22.8 Å². The molecule has 4 aromatic rings. The van der Waals surface area contributed by atoms with Gasteiger partial charge in [-0.05, 0) is 12.1 Å². The van der Waals surface area contributed by atoms with E-state index in [9.17, 15) is 0 Å². The molecule has 0 aliphatic heterocycles. The lowest BCUT2D eigenvalue weighted by molar-refractivity contribution is 0.688. The minimum absolute atomic E-state index is 0.798. The van der Waals surface area contributed by atoms with E-state index in [0.29, 0.717) is 0 Å². The Morgan fingerprint density at radius 3 is 2.50 bits per heavy atom. The molecule has 5 nitrogen and oxygen atoms in total. The van der Waals surface area contributed by atoms with Gasteiger partial charge in [-0.3, -0.25) is 4.98 Å². The Bertz CT molecular complexity index is 896. The van der Waals surface area contributed by atoms with Crippen LogP contribution in [0.5, 0.6) is 0 Å². The molecule has 0 unspecified atom stereocenters. The lowest BCUT2D eigenvalue weighted by atomic mass is 10.1. The third-order valence-electron chi connectivity index (χ3n) is 3.94. The maximum absolute atomic E-state index is 4.64. The number of pyridine rings is 1. The van der Waals surface area contributed by atoms with Crippen LogP contribution in [0.3, 0.4) is 0 Å². The summed E-state index contributed by atoms with van der Waals surface area (Å²) in [5, 5.41) is 0. The summed E-state index contributed by atoms with van der Waals surface area (Å²) in [6.45, 7) is 0.798. The van der Waals surface area contributed by atoms with Gasteiger partial charge in [0, 0.05) is 42.8 Å². The number of aromatic nitrogens is 5. The number of rotatable bonds is 5. The molecule has 3 aromatic heterocycles. The van der Waals surface area contributed by atoms with E-state index in [1.54, 1.807) is 6.20 Å². The molecule has 0 radical (unpaired) electrons. The first-order valence-corrected chi connectivity index (χ1v) is 7.92. The van der Waals surface area contributed by atoms with Gasteiger partial charge in [0.25, 0.3) is 0 Å². The SMILES string of the molecule is c1ccc(-c2ncn(CCc3ccccn3)c2-c2ncc[nH]2)cc1. The van der Waals surface area contributed by atoms with Crippen molar-refractivity contribution in [2.75, 3.05) is 0 Å². The first kappa shape index (κ1) is 14.4. The lowest BCUT2D eigenvalue weighted by Crippen LogP contribution is -2.04. The molecular weight excluding hydrogens is 298 g/mol. The Kier molecular flexibility index (Phi) is 3.90. The molecule has 0 saturated carbocycles. The molecule has 0 atom stereocenters. The molecule has 3 heterocycles. The number of nitrogens with zero attached hydrogens (tertiary/aromatic N) is 4. The molecule has 0 amide bonds. The van der Waals surface area contributed by atoms with Gasteiger partial charge in [-0.25, -0.2) is 9.97 Å². The highest BCUT2D eigenvalue weighted by Crippen LogP contribution is 2.29. The zero-order chi connectivity index (χ0) is 16.2. The normalized spacial score (nSPS) is 10.8. The summed E-state index contributed by atoms with van der Waals surface area (Å²) >= 11 is 0. The largest absolute Gasteiger partial charge is 0.343 e. The maximum Gasteiger partial charge on any atom is 0.156 e. The van der Waals surface area contributed by atoms with Crippen molar-refractivity contribution in [1.82, 2.24) is 24.5 Å². The molecule has 1 aromatic carbocycles. The molecule has 1 N–H and O–H groups in total. The summed E-state index contributed by atoms with van der Waals surface area (Å²) < 4.78 is 2.13. The molecule has 24 heavy (non-hydrogen) atoms. The standard InChI is InChI=1S/C19H17N5/c1-2-6-15(7-3-1)17-18(19-21-11-12-22-19)24(14-23-17)13-9-16-8-4-5-10-20-16/h1-8,10-12,14H,9,13H2,(H,21,22). The summed E-state index contributed by atoms with van der Waals surface area (Å²) in [7, 11) is 0. The Labute approximate surface area is 140 Å². The topological polar surface area (TPSA) is 59.4 Å². The van der Waals surface area contributed by atoms with E-state index < -0.39 is 0 Å². The van der Waals surface area contributed by atoms with Crippen molar-refractivity contribution in [1.29, 1.82) is 0 Å². The van der Waals surface area contributed by atoms with Crippen molar-refractivity contribution in [2.24, 2.45) is 0 Å². The number of aromatic amines is 1. The quantitative estimate of drug-likeness (QED) is 0.612. The summed E-state index contributed by atoms with van der Waals surface area (Å²) in [6.07, 6.45) is 8.15. The number of hydrogen-bond acceptors (Lipinski definition) is 3. The second kappa shape index (κ2) is 6.50. The van der Waals surface area contributed by atoms with Crippen molar-refractivity contribution >= 4 is 0 Å². The predicted octanol–water partition coefficient (Wildman–Crippen LogP) is 3.58. The molecule has 118 valence electrons. The molecule has 0 saturated heterocycles. The molecule has 0 spiro atoms. The lowest BCUT2D eigenvalue weighted by Gasteiger charge is -2.08. The Hall–Kier alpha value is -3.21. The number of hydrogen-bond donors (Lipinski definition) is 1. The highest BCUT2D eigenvalue weighted by Gasteiger charge is 2.16. The zero-order valence-corrected chi connectivity index (χ0v) is 13.1. The molecule has 5 heteroatoms. The highest BCUT2D eigenvalue weighted by molar-refractivity contribution is 5.75. The van der Waals surface area contributed by atoms with E-state index in [4.69, 9.17) is 0 Å². The fourth-order valence-electron chi connectivity index (χ4n) is 2.78. The van der Waals surface area contributed by atoms with Crippen LogP contribution in [-0.4, -0.2) is 24.5 Å². The Morgan fingerprint density at radius 1 is 0.875 bits per heavy atom. The van der Waals surface area contributed by atoms with Gasteiger partial charge in [0.1, 0.15) is 5.69 Å². The number of nitrogens with one attached hydrogen (secondary N) is 1. The monoisotopic (exact) mass is 315 g/mol. The van der Waals surface area contributed by atoms with Crippen molar-refractivity contribution in [3.63, 3.8) is 0 Å². The molecule has 0 aliphatic carbocycles. The third-order valence-corrected chi connectivity index (χ3v) is 3.94. The summed E-state index contributed by atoms with van der Waals surface area (Å²) in [5.41, 5.74) is 4.09. The van der Waals surface area contributed by atoms with E-state index in [-0.39, 0.29) is 0 Å².